The maximum absolute atomic E-state index is 13.3. The molecule has 22 heavy (non-hydrogen) atoms. The molecule has 1 fully saturated rings. The van der Waals surface area contributed by atoms with Crippen LogP contribution in [0.15, 0.2) is 28.9 Å². The summed E-state index contributed by atoms with van der Waals surface area (Å²) in [6.07, 6.45) is 3.01. The zero-order valence-electron chi connectivity index (χ0n) is 11.6. The Hall–Kier alpha value is -1.59. The Balaban J connectivity index is 1.94. The lowest BCUT2D eigenvalue weighted by Crippen LogP contribution is -2.37. The minimum atomic E-state index is -0.611. The van der Waals surface area contributed by atoms with E-state index in [1.54, 1.807) is 0 Å². The summed E-state index contributed by atoms with van der Waals surface area (Å²) in [6, 6.07) is 3.70. The third-order valence-electron chi connectivity index (χ3n) is 3.84. The van der Waals surface area contributed by atoms with Crippen molar-refractivity contribution in [1.82, 2.24) is 4.90 Å². The maximum Gasteiger partial charge on any atom is 0.283 e. The molecule has 0 saturated carbocycles. The average Bonchev–Trinajstić information content (AvgIpc) is 2.73. The average molecular weight is 343 g/mol. The molecule has 0 aromatic heterocycles. The largest absolute Gasteiger partial charge is 0.366 e. The van der Waals surface area contributed by atoms with Crippen LogP contribution in [0.25, 0.3) is 0 Å². The molecule has 1 aromatic carbocycles. The summed E-state index contributed by atoms with van der Waals surface area (Å²) >= 11 is 11.8. The van der Waals surface area contributed by atoms with E-state index in [-0.39, 0.29) is 21.4 Å². The highest BCUT2D eigenvalue weighted by Crippen LogP contribution is 2.33. The van der Waals surface area contributed by atoms with Crippen LogP contribution >= 0.6 is 23.2 Å². The molecule has 3 rings (SSSR count). The molecule has 2 aliphatic rings. The van der Waals surface area contributed by atoms with E-state index in [1.807, 2.05) is 4.90 Å². The molecule has 0 spiro atoms. The van der Waals surface area contributed by atoms with Crippen molar-refractivity contribution in [3.63, 3.8) is 0 Å². The molecule has 7 heteroatoms. The number of anilines is 1. The highest BCUT2D eigenvalue weighted by Gasteiger charge is 2.41. The van der Waals surface area contributed by atoms with Crippen LogP contribution in [0, 0.1) is 5.82 Å². The van der Waals surface area contributed by atoms with Crippen molar-refractivity contribution in [3.8, 4) is 0 Å². The van der Waals surface area contributed by atoms with Crippen LogP contribution in [0.3, 0.4) is 0 Å². The van der Waals surface area contributed by atoms with E-state index >= 15 is 0 Å². The van der Waals surface area contributed by atoms with E-state index in [1.165, 1.54) is 12.1 Å². The molecule has 2 heterocycles. The van der Waals surface area contributed by atoms with Crippen LogP contribution in [-0.2, 0) is 9.59 Å². The normalized spacial score (nSPS) is 19.4. The van der Waals surface area contributed by atoms with Gasteiger partial charge in [-0.05, 0) is 37.5 Å². The molecule has 1 aromatic rings. The summed E-state index contributed by atoms with van der Waals surface area (Å²) in [5, 5.41) is -0.243. The van der Waals surface area contributed by atoms with Crippen molar-refractivity contribution in [1.29, 1.82) is 0 Å². The number of piperidine rings is 1. The van der Waals surface area contributed by atoms with Gasteiger partial charge in [0.25, 0.3) is 11.8 Å². The van der Waals surface area contributed by atoms with Crippen LogP contribution < -0.4 is 4.90 Å². The maximum atomic E-state index is 13.3. The third-order valence-corrected chi connectivity index (χ3v) is 4.47. The lowest BCUT2D eigenvalue weighted by atomic mass is 10.1. The topological polar surface area (TPSA) is 40.6 Å². The van der Waals surface area contributed by atoms with Crippen molar-refractivity contribution in [2.24, 2.45) is 0 Å². The van der Waals surface area contributed by atoms with E-state index in [2.05, 4.69) is 0 Å². The fourth-order valence-electron chi connectivity index (χ4n) is 2.74. The molecule has 4 nitrogen and oxygen atoms in total. The number of carbonyl (C=O) groups is 2. The lowest BCUT2D eigenvalue weighted by molar-refractivity contribution is -0.121. The van der Waals surface area contributed by atoms with Crippen LogP contribution in [0.1, 0.15) is 19.3 Å². The van der Waals surface area contributed by atoms with Crippen LogP contribution in [0.4, 0.5) is 10.1 Å². The third kappa shape index (κ3) is 2.48. The van der Waals surface area contributed by atoms with Gasteiger partial charge in [-0.15, -0.1) is 0 Å². The van der Waals surface area contributed by atoms with Gasteiger partial charge in [-0.3, -0.25) is 9.59 Å². The predicted octanol–water partition coefficient (Wildman–Crippen LogP) is 3.29. The number of rotatable bonds is 2. The summed E-state index contributed by atoms with van der Waals surface area (Å²) in [5.74, 6) is -1.70. The van der Waals surface area contributed by atoms with Crippen LogP contribution in [-0.4, -0.2) is 29.8 Å². The second-order valence-corrected chi connectivity index (χ2v) is 6.04. The Morgan fingerprint density at radius 3 is 2.32 bits per heavy atom. The van der Waals surface area contributed by atoms with Crippen LogP contribution in [0.5, 0.6) is 0 Å². The summed E-state index contributed by atoms with van der Waals surface area (Å²) in [4.78, 5) is 27.7. The SMILES string of the molecule is O=C1C(Cl)=C(N2CCCCC2)C(=O)N1c1ccc(F)c(Cl)c1. The Bertz CT molecular complexity index is 684. The van der Waals surface area contributed by atoms with E-state index in [0.717, 1.165) is 30.2 Å². The minimum absolute atomic E-state index is 0.0904. The Morgan fingerprint density at radius 2 is 1.68 bits per heavy atom. The number of halogens is 3. The van der Waals surface area contributed by atoms with Crippen molar-refractivity contribution < 1.29 is 14.0 Å². The number of likely N-dealkylation sites (tertiary alicyclic amines) is 1. The van der Waals surface area contributed by atoms with Gasteiger partial charge in [0.15, 0.2) is 0 Å². The van der Waals surface area contributed by atoms with Crippen molar-refractivity contribution in [3.05, 3.63) is 39.8 Å². The van der Waals surface area contributed by atoms with Gasteiger partial charge in [-0.2, -0.15) is 0 Å². The monoisotopic (exact) mass is 342 g/mol. The highest BCUT2D eigenvalue weighted by atomic mass is 35.5. The van der Waals surface area contributed by atoms with Gasteiger partial charge in [0.05, 0.1) is 10.7 Å². The molecule has 2 aliphatic heterocycles. The van der Waals surface area contributed by atoms with Crippen molar-refractivity contribution in [2.45, 2.75) is 19.3 Å². The van der Waals surface area contributed by atoms with E-state index in [0.29, 0.717) is 13.1 Å². The Kier molecular flexibility index (Phi) is 4.10. The van der Waals surface area contributed by atoms with Crippen molar-refractivity contribution >= 4 is 40.7 Å². The predicted molar refractivity (Wildman–Crippen MR) is 82.2 cm³/mol. The first-order chi connectivity index (χ1) is 10.5. The summed E-state index contributed by atoms with van der Waals surface area (Å²) in [7, 11) is 0. The molecule has 116 valence electrons. The summed E-state index contributed by atoms with van der Waals surface area (Å²) < 4.78 is 13.3. The Morgan fingerprint density at radius 1 is 1.00 bits per heavy atom. The number of amides is 2. The summed E-state index contributed by atoms with van der Waals surface area (Å²) in [5.41, 5.74) is 0.443. The Labute approximate surface area is 137 Å². The fraction of sp³-hybridized carbons (Fsp3) is 0.333. The number of nitrogens with zero attached hydrogens (tertiary/aromatic N) is 2. The molecule has 0 aliphatic carbocycles. The number of imide groups is 1. The first-order valence-electron chi connectivity index (χ1n) is 6.99. The summed E-state index contributed by atoms with van der Waals surface area (Å²) in [6.45, 7) is 1.39. The van der Waals surface area contributed by atoms with Gasteiger partial charge in [-0.25, -0.2) is 9.29 Å². The molecular weight excluding hydrogens is 330 g/mol. The lowest BCUT2D eigenvalue weighted by Gasteiger charge is -2.29. The molecule has 0 radical (unpaired) electrons. The van der Waals surface area contributed by atoms with E-state index in [9.17, 15) is 14.0 Å². The number of hydrogen-bond acceptors (Lipinski definition) is 3. The minimum Gasteiger partial charge on any atom is -0.366 e. The smallest absolute Gasteiger partial charge is 0.283 e. The molecule has 0 bridgehead atoms. The first-order valence-corrected chi connectivity index (χ1v) is 7.75. The first kappa shape index (κ1) is 15.3. The van der Waals surface area contributed by atoms with Gasteiger partial charge in [0.2, 0.25) is 0 Å². The van der Waals surface area contributed by atoms with Gasteiger partial charge < -0.3 is 4.90 Å². The molecular formula is C15H13Cl2FN2O2. The standard InChI is InChI=1S/C15H13Cl2FN2O2/c16-10-8-9(4-5-11(10)18)20-14(21)12(17)13(15(20)22)19-6-2-1-3-7-19/h4-5,8H,1-3,6-7H2. The van der Waals surface area contributed by atoms with Gasteiger partial charge in [0, 0.05) is 13.1 Å². The van der Waals surface area contributed by atoms with Crippen molar-refractivity contribution in [2.75, 3.05) is 18.0 Å². The fourth-order valence-corrected chi connectivity index (χ4v) is 3.20. The molecule has 0 atom stereocenters. The van der Waals surface area contributed by atoms with Gasteiger partial charge >= 0.3 is 0 Å². The highest BCUT2D eigenvalue weighted by molar-refractivity contribution is 6.52. The second-order valence-electron chi connectivity index (χ2n) is 5.25. The zero-order valence-corrected chi connectivity index (χ0v) is 13.1. The molecule has 2 amide bonds. The number of hydrogen-bond donors (Lipinski definition) is 0. The zero-order chi connectivity index (χ0) is 15.9. The number of benzene rings is 1. The van der Waals surface area contributed by atoms with Gasteiger partial charge in [-0.1, -0.05) is 23.2 Å². The van der Waals surface area contributed by atoms with E-state index < -0.39 is 17.6 Å². The van der Waals surface area contributed by atoms with E-state index in [4.69, 9.17) is 23.2 Å². The van der Waals surface area contributed by atoms with Gasteiger partial charge in [0.1, 0.15) is 16.5 Å². The quantitative estimate of drug-likeness (QED) is 0.774. The second kappa shape index (κ2) is 5.89. The van der Waals surface area contributed by atoms with Crippen LogP contribution in [0.2, 0.25) is 5.02 Å². The number of carbonyl (C=O) groups excluding carboxylic acids is 2. The molecule has 0 unspecified atom stereocenters. The molecule has 0 N–H and O–H groups in total. The molecule has 1 saturated heterocycles.